The molecule has 32 heavy (non-hydrogen) atoms. The van der Waals surface area contributed by atoms with Crippen LogP contribution in [-0.4, -0.2) is 22.4 Å². The van der Waals surface area contributed by atoms with Crippen LogP contribution in [0.1, 0.15) is 100 Å². The summed E-state index contributed by atoms with van der Waals surface area (Å²) in [6.45, 7) is 19.6. The van der Waals surface area contributed by atoms with Crippen LogP contribution in [0, 0.1) is 50.7 Å². The molecule has 0 bridgehead atoms. The van der Waals surface area contributed by atoms with Crippen molar-refractivity contribution >= 4 is 0 Å². The molecule has 0 saturated heterocycles. The van der Waals surface area contributed by atoms with E-state index in [0.29, 0.717) is 11.8 Å². The Morgan fingerprint density at radius 3 is 2.22 bits per heavy atom. The van der Waals surface area contributed by atoms with Crippen LogP contribution in [-0.2, 0) is 0 Å². The first-order valence-corrected chi connectivity index (χ1v) is 13.5. The molecule has 0 aromatic rings. The number of hydrogen-bond donors (Lipinski definition) is 2. The van der Waals surface area contributed by atoms with Crippen LogP contribution in [0.15, 0.2) is 23.3 Å². The van der Waals surface area contributed by atoms with E-state index >= 15 is 0 Å². The molecule has 5 rings (SSSR count). The number of fused-ring (bicyclic) bond motifs is 7. The summed E-state index contributed by atoms with van der Waals surface area (Å²) in [7, 11) is 0. The minimum Gasteiger partial charge on any atom is -0.392 e. The van der Waals surface area contributed by atoms with Crippen molar-refractivity contribution in [1.29, 1.82) is 0 Å². The maximum atomic E-state index is 11.4. The zero-order valence-electron chi connectivity index (χ0n) is 22.0. The molecule has 0 unspecified atom stereocenters. The molecule has 3 fully saturated rings. The van der Waals surface area contributed by atoms with Gasteiger partial charge < -0.3 is 10.2 Å². The lowest BCUT2D eigenvalue weighted by molar-refractivity contribution is -0.165. The van der Waals surface area contributed by atoms with Gasteiger partial charge in [-0.05, 0) is 95.0 Å². The van der Waals surface area contributed by atoms with E-state index in [2.05, 4.69) is 67.5 Å². The number of hydrogen-bond acceptors (Lipinski definition) is 2. The van der Waals surface area contributed by atoms with E-state index < -0.39 is 12.2 Å². The molecule has 0 aromatic carbocycles. The summed E-state index contributed by atoms with van der Waals surface area (Å²) in [5, 5.41) is 22.3. The fourth-order valence-electron chi connectivity index (χ4n) is 10.2. The Morgan fingerprint density at radius 2 is 1.53 bits per heavy atom. The molecule has 2 heteroatoms. The summed E-state index contributed by atoms with van der Waals surface area (Å²) in [5.41, 5.74) is 3.44. The second-order valence-electron chi connectivity index (χ2n) is 14.4. The summed E-state index contributed by atoms with van der Waals surface area (Å²) in [6.07, 6.45) is 12.2. The van der Waals surface area contributed by atoms with Crippen molar-refractivity contribution in [1.82, 2.24) is 0 Å². The molecule has 0 amide bonds. The number of aliphatic hydroxyl groups excluding tert-OH is 2. The molecule has 5 aliphatic carbocycles. The Morgan fingerprint density at radius 1 is 0.844 bits per heavy atom. The molecule has 2 nitrogen and oxygen atoms in total. The number of rotatable bonds is 0. The molecule has 2 N–H and O–H groups in total. The van der Waals surface area contributed by atoms with Gasteiger partial charge >= 0.3 is 0 Å². The van der Waals surface area contributed by atoms with Crippen LogP contribution >= 0.6 is 0 Å². The quantitative estimate of drug-likeness (QED) is 0.429. The highest BCUT2D eigenvalue weighted by Crippen LogP contribution is 2.74. The third kappa shape index (κ3) is 2.55. The van der Waals surface area contributed by atoms with Gasteiger partial charge in [0.2, 0.25) is 0 Å². The van der Waals surface area contributed by atoms with Gasteiger partial charge in [-0.25, -0.2) is 0 Å². The molecule has 0 aliphatic heterocycles. The lowest BCUT2D eigenvalue weighted by atomic mass is 9.35. The number of allylic oxidation sites excluding steroid dienone is 3. The van der Waals surface area contributed by atoms with Crippen molar-refractivity contribution in [2.45, 2.75) is 113 Å². The lowest BCUT2D eigenvalue weighted by Crippen LogP contribution is -2.63. The van der Waals surface area contributed by atoms with Crippen LogP contribution in [0.3, 0.4) is 0 Å². The molecule has 180 valence electrons. The van der Waals surface area contributed by atoms with Crippen molar-refractivity contribution in [3.63, 3.8) is 0 Å². The van der Waals surface area contributed by atoms with Crippen LogP contribution in [0.4, 0.5) is 0 Å². The first kappa shape index (κ1) is 23.2. The zero-order valence-corrected chi connectivity index (χ0v) is 22.0. The second kappa shape index (κ2) is 6.75. The average molecular weight is 441 g/mol. The molecular formula is C30H48O2. The first-order chi connectivity index (χ1) is 14.7. The molecule has 0 aromatic heterocycles. The predicted octanol–water partition coefficient (Wildman–Crippen LogP) is 6.92. The lowest BCUT2D eigenvalue weighted by Gasteiger charge is -2.69. The van der Waals surface area contributed by atoms with Gasteiger partial charge in [-0.3, -0.25) is 0 Å². The van der Waals surface area contributed by atoms with E-state index in [1.807, 2.05) is 0 Å². The van der Waals surface area contributed by atoms with Gasteiger partial charge in [-0.15, -0.1) is 0 Å². The SMILES string of the molecule is C[C@H]1[C@H](C)CC[C@]2(C)CC[C@]3(C)C4=CC[C@H]5C(C)(C)[C@@H](O)C[C@H](O)[C@]5(C)C4=CC[C@@]3(C)[C@H]12. The molecule has 3 saturated carbocycles. The van der Waals surface area contributed by atoms with Crippen molar-refractivity contribution in [3.05, 3.63) is 23.3 Å². The van der Waals surface area contributed by atoms with Crippen LogP contribution in [0.2, 0.25) is 0 Å². The summed E-state index contributed by atoms with van der Waals surface area (Å²) >= 11 is 0. The molecule has 10 atom stereocenters. The van der Waals surface area contributed by atoms with Gasteiger partial charge in [0.15, 0.2) is 0 Å². The van der Waals surface area contributed by atoms with E-state index in [1.165, 1.54) is 31.3 Å². The van der Waals surface area contributed by atoms with Gasteiger partial charge in [0.1, 0.15) is 0 Å². The standard InChI is InChI=1S/C30H48O2/c1-18-11-13-27(5)15-16-28(6)20-9-10-22-26(3,4)23(31)17-24(32)30(22,8)21(20)12-14-29(28,7)25(27)19(18)2/h9,12,18-19,22-25,31-32H,10-11,13-17H2,1-8H3/t18-,19+,22+,23+,24+,25-,27-,28-,29+,30-/m1/s1. The summed E-state index contributed by atoms with van der Waals surface area (Å²) in [4.78, 5) is 0. The Labute approximate surface area is 197 Å². The predicted molar refractivity (Wildman–Crippen MR) is 132 cm³/mol. The maximum absolute atomic E-state index is 11.4. The topological polar surface area (TPSA) is 40.5 Å². The van der Waals surface area contributed by atoms with Gasteiger partial charge in [-0.2, -0.15) is 0 Å². The largest absolute Gasteiger partial charge is 0.392 e. The van der Waals surface area contributed by atoms with Gasteiger partial charge in [0.25, 0.3) is 0 Å². The Hall–Kier alpha value is -0.600. The summed E-state index contributed by atoms with van der Waals surface area (Å²) in [5.74, 6) is 2.59. The van der Waals surface area contributed by atoms with E-state index in [9.17, 15) is 10.2 Å². The fourth-order valence-corrected chi connectivity index (χ4v) is 10.2. The molecule has 0 heterocycles. The van der Waals surface area contributed by atoms with Crippen molar-refractivity contribution in [2.24, 2.45) is 50.7 Å². The van der Waals surface area contributed by atoms with Gasteiger partial charge in [0.05, 0.1) is 12.2 Å². The zero-order chi connectivity index (χ0) is 23.5. The van der Waals surface area contributed by atoms with Crippen LogP contribution < -0.4 is 0 Å². The van der Waals surface area contributed by atoms with Crippen molar-refractivity contribution in [2.75, 3.05) is 0 Å². The van der Waals surface area contributed by atoms with E-state index in [4.69, 9.17) is 0 Å². The highest BCUT2D eigenvalue weighted by atomic mass is 16.3. The Bertz CT molecular complexity index is 868. The number of aliphatic hydroxyl groups is 2. The highest BCUT2D eigenvalue weighted by molar-refractivity contribution is 5.50. The molecular weight excluding hydrogens is 392 g/mol. The van der Waals surface area contributed by atoms with Crippen LogP contribution in [0.25, 0.3) is 0 Å². The fraction of sp³-hybridized carbons (Fsp3) is 0.867. The monoisotopic (exact) mass is 440 g/mol. The molecule has 0 spiro atoms. The van der Waals surface area contributed by atoms with E-state index in [-0.39, 0.29) is 27.6 Å². The van der Waals surface area contributed by atoms with Crippen LogP contribution in [0.5, 0.6) is 0 Å². The normalized spacial score (nSPS) is 56.7. The minimum atomic E-state index is -0.471. The summed E-state index contributed by atoms with van der Waals surface area (Å²) < 4.78 is 0. The first-order valence-electron chi connectivity index (χ1n) is 13.5. The van der Waals surface area contributed by atoms with E-state index in [0.717, 1.165) is 30.6 Å². The maximum Gasteiger partial charge on any atom is 0.0661 e. The van der Waals surface area contributed by atoms with Crippen molar-refractivity contribution in [3.8, 4) is 0 Å². The smallest absolute Gasteiger partial charge is 0.0661 e. The Kier molecular flexibility index (Phi) is 4.88. The third-order valence-electron chi connectivity index (χ3n) is 12.9. The minimum absolute atomic E-state index is 0.167. The average Bonchev–Trinajstić information content (AvgIpc) is 2.71. The van der Waals surface area contributed by atoms with E-state index in [1.54, 1.807) is 5.57 Å². The molecule has 0 radical (unpaired) electrons. The van der Waals surface area contributed by atoms with Gasteiger partial charge in [-0.1, -0.05) is 67.5 Å². The van der Waals surface area contributed by atoms with Crippen molar-refractivity contribution < 1.29 is 10.2 Å². The second-order valence-corrected chi connectivity index (χ2v) is 14.4. The Balaban J connectivity index is 1.64. The third-order valence-corrected chi connectivity index (χ3v) is 12.9. The molecule has 5 aliphatic rings. The summed E-state index contributed by atoms with van der Waals surface area (Å²) in [6, 6.07) is 0. The van der Waals surface area contributed by atoms with Gasteiger partial charge in [0, 0.05) is 11.8 Å². The highest BCUT2D eigenvalue weighted by Gasteiger charge is 2.67.